The summed E-state index contributed by atoms with van der Waals surface area (Å²) in [7, 11) is -0.0915. The number of rotatable bonds is 8. The first-order valence-corrected chi connectivity index (χ1v) is 7.51. The normalized spacial score (nSPS) is 11.5. The second-order valence-corrected chi connectivity index (χ2v) is 5.96. The molecule has 0 bridgehead atoms. The lowest BCUT2D eigenvalue weighted by atomic mass is 10.3. The summed E-state index contributed by atoms with van der Waals surface area (Å²) in [5.41, 5.74) is 3.97. The van der Waals surface area contributed by atoms with E-state index in [1.807, 2.05) is 0 Å². The van der Waals surface area contributed by atoms with Crippen LogP contribution in [0.3, 0.4) is 0 Å². The molecule has 0 aromatic heterocycles. The standard InChI is InChI=1S/C12H27NSi/c1-5-7-9-13(10-8-6-2)14-11-12(3)4/h11H,5-10,14H2,1-4H3. The zero-order valence-electron chi connectivity index (χ0n) is 10.5. The molecule has 0 radical (unpaired) electrons. The molecule has 0 rings (SSSR count). The fourth-order valence-electron chi connectivity index (χ4n) is 1.37. The van der Waals surface area contributed by atoms with Crippen LogP contribution in [-0.4, -0.2) is 27.3 Å². The molecule has 0 saturated carbocycles. The summed E-state index contributed by atoms with van der Waals surface area (Å²) in [4.78, 5) is 0. The molecule has 0 atom stereocenters. The van der Waals surface area contributed by atoms with Crippen LogP contribution < -0.4 is 0 Å². The van der Waals surface area contributed by atoms with Crippen molar-refractivity contribution in [2.24, 2.45) is 0 Å². The average Bonchev–Trinajstić information content (AvgIpc) is 2.16. The van der Waals surface area contributed by atoms with E-state index in [0.29, 0.717) is 0 Å². The molecule has 1 nitrogen and oxygen atoms in total. The van der Waals surface area contributed by atoms with Gasteiger partial charge in [-0.25, -0.2) is 0 Å². The van der Waals surface area contributed by atoms with Crippen LogP contribution in [0, 0.1) is 0 Å². The number of hydrogen-bond acceptors (Lipinski definition) is 1. The molecule has 0 spiro atoms. The van der Waals surface area contributed by atoms with Crippen molar-refractivity contribution in [3.63, 3.8) is 0 Å². The maximum absolute atomic E-state index is 2.71. The Kier molecular flexibility index (Phi) is 9.41. The summed E-state index contributed by atoms with van der Waals surface area (Å²) in [6, 6.07) is 0. The molecule has 0 saturated heterocycles. The lowest BCUT2D eigenvalue weighted by Gasteiger charge is -2.20. The van der Waals surface area contributed by atoms with E-state index in [2.05, 4.69) is 38.0 Å². The summed E-state index contributed by atoms with van der Waals surface area (Å²) >= 11 is 0. The summed E-state index contributed by atoms with van der Waals surface area (Å²) in [5.74, 6) is 0. The van der Waals surface area contributed by atoms with E-state index in [9.17, 15) is 0 Å². The molecule has 2 heteroatoms. The summed E-state index contributed by atoms with van der Waals surface area (Å²) in [5, 5.41) is 0. The van der Waals surface area contributed by atoms with E-state index >= 15 is 0 Å². The van der Waals surface area contributed by atoms with Gasteiger partial charge in [-0.3, -0.25) is 0 Å². The third kappa shape index (κ3) is 8.51. The van der Waals surface area contributed by atoms with Crippen LogP contribution in [0.15, 0.2) is 11.3 Å². The Morgan fingerprint density at radius 1 is 1.07 bits per heavy atom. The first-order chi connectivity index (χ1) is 6.70. The zero-order chi connectivity index (χ0) is 10.8. The van der Waals surface area contributed by atoms with Gasteiger partial charge < -0.3 is 4.57 Å². The predicted octanol–water partition coefficient (Wildman–Crippen LogP) is 2.90. The van der Waals surface area contributed by atoms with Crippen molar-refractivity contribution in [2.45, 2.75) is 53.4 Å². The van der Waals surface area contributed by atoms with E-state index in [4.69, 9.17) is 0 Å². The smallest absolute Gasteiger partial charge is 0.119 e. The molecule has 0 unspecified atom stereocenters. The van der Waals surface area contributed by atoms with Gasteiger partial charge in [-0.15, -0.1) is 0 Å². The van der Waals surface area contributed by atoms with E-state index in [1.54, 1.807) is 0 Å². The van der Waals surface area contributed by atoms with Gasteiger partial charge in [0.25, 0.3) is 0 Å². The number of allylic oxidation sites excluding steroid dienone is 1. The lowest BCUT2D eigenvalue weighted by molar-refractivity contribution is 0.423. The van der Waals surface area contributed by atoms with Gasteiger partial charge >= 0.3 is 0 Å². The molecule has 0 aromatic rings. The van der Waals surface area contributed by atoms with Crippen LogP contribution >= 0.6 is 0 Å². The van der Waals surface area contributed by atoms with Gasteiger partial charge in [0.15, 0.2) is 0 Å². The highest BCUT2D eigenvalue weighted by atomic mass is 28.2. The molecule has 0 aliphatic heterocycles. The van der Waals surface area contributed by atoms with Gasteiger partial charge in [0, 0.05) is 0 Å². The topological polar surface area (TPSA) is 3.24 Å². The van der Waals surface area contributed by atoms with Gasteiger partial charge in [0.1, 0.15) is 9.68 Å². The Bertz CT molecular complexity index is 142. The lowest BCUT2D eigenvalue weighted by Crippen LogP contribution is -2.29. The molecule has 84 valence electrons. The minimum absolute atomic E-state index is 0.0915. The van der Waals surface area contributed by atoms with Crippen LogP contribution in [0.25, 0.3) is 0 Å². The second kappa shape index (κ2) is 9.47. The zero-order valence-corrected chi connectivity index (χ0v) is 11.9. The Labute approximate surface area is 92.5 Å². The van der Waals surface area contributed by atoms with Crippen LogP contribution in [0.5, 0.6) is 0 Å². The molecular formula is C12H27NSi. The minimum Gasteiger partial charge on any atom is -0.325 e. The van der Waals surface area contributed by atoms with Crippen LogP contribution in [0.4, 0.5) is 0 Å². The molecule has 0 fully saturated rings. The minimum atomic E-state index is -0.0915. The molecule has 0 heterocycles. The third-order valence-electron chi connectivity index (χ3n) is 2.41. The Hall–Kier alpha value is -0.0831. The number of unbranched alkanes of at least 4 members (excludes halogenated alkanes) is 2. The van der Waals surface area contributed by atoms with E-state index in [-0.39, 0.29) is 9.68 Å². The van der Waals surface area contributed by atoms with Crippen molar-refractivity contribution in [1.82, 2.24) is 4.57 Å². The van der Waals surface area contributed by atoms with Crippen LogP contribution in [-0.2, 0) is 0 Å². The number of nitrogens with zero attached hydrogens (tertiary/aromatic N) is 1. The largest absolute Gasteiger partial charge is 0.325 e. The summed E-state index contributed by atoms with van der Waals surface area (Å²) < 4.78 is 2.71. The molecule has 0 amide bonds. The predicted molar refractivity (Wildman–Crippen MR) is 69.4 cm³/mol. The van der Waals surface area contributed by atoms with Gasteiger partial charge in [-0.05, 0) is 39.8 Å². The maximum atomic E-state index is 2.71. The fourth-order valence-corrected chi connectivity index (χ4v) is 2.81. The monoisotopic (exact) mass is 213 g/mol. The molecule has 0 aliphatic carbocycles. The highest BCUT2D eigenvalue weighted by Crippen LogP contribution is 1.99. The Morgan fingerprint density at radius 2 is 1.57 bits per heavy atom. The van der Waals surface area contributed by atoms with Crippen molar-refractivity contribution in [3.8, 4) is 0 Å². The Balaban J connectivity index is 3.77. The van der Waals surface area contributed by atoms with E-state index in [0.717, 1.165) is 0 Å². The molecular weight excluding hydrogens is 186 g/mol. The van der Waals surface area contributed by atoms with Gasteiger partial charge in [-0.2, -0.15) is 0 Å². The molecule has 14 heavy (non-hydrogen) atoms. The highest BCUT2D eigenvalue weighted by Gasteiger charge is 2.01. The summed E-state index contributed by atoms with van der Waals surface area (Å²) in [6.45, 7) is 11.6. The number of hydrogen-bond donors (Lipinski definition) is 0. The highest BCUT2D eigenvalue weighted by molar-refractivity contribution is 6.38. The van der Waals surface area contributed by atoms with Crippen molar-refractivity contribution >= 4 is 9.68 Å². The molecule has 0 aliphatic rings. The third-order valence-corrected chi connectivity index (χ3v) is 4.56. The first-order valence-electron chi connectivity index (χ1n) is 6.06. The van der Waals surface area contributed by atoms with Gasteiger partial charge in [-0.1, -0.05) is 38.0 Å². The maximum Gasteiger partial charge on any atom is 0.119 e. The quantitative estimate of drug-likeness (QED) is 0.560. The SMILES string of the molecule is CCCCN(CCCC)[SiH2]C=C(C)C. The molecule has 0 aromatic carbocycles. The van der Waals surface area contributed by atoms with Crippen LogP contribution in [0.1, 0.15) is 53.4 Å². The first kappa shape index (κ1) is 13.9. The fraction of sp³-hybridized carbons (Fsp3) is 0.833. The van der Waals surface area contributed by atoms with Crippen molar-refractivity contribution in [1.29, 1.82) is 0 Å². The van der Waals surface area contributed by atoms with Crippen molar-refractivity contribution in [3.05, 3.63) is 11.3 Å². The van der Waals surface area contributed by atoms with Crippen LogP contribution in [0.2, 0.25) is 0 Å². The van der Waals surface area contributed by atoms with E-state index in [1.165, 1.54) is 44.3 Å². The summed E-state index contributed by atoms with van der Waals surface area (Å²) in [6.07, 6.45) is 5.39. The van der Waals surface area contributed by atoms with Gasteiger partial charge in [0.2, 0.25) is 0 Å². The van der Waals surface area contributed by atoms with E-state index < -0.39 is 0 Å². The van der Waals surface area contributed by atoms with Gasteiger partial charge in [0.05, 0.1) is 0 Å². The van der Waals surface area contributed by atoms with Crippen molar-refractivity contribution < 1.29 is 0 Å². The van der Waals surface area contributed by atoms with Crippen molar-refractivity contribution in [2.75, 3.05) is 13.1 Å². The Morgan fingerprint density at radius 3 is 1.93 bits per heavy atom. The molecule has 0 N–H and O–H groups in total. The second-order valence-electron chi connectivity index (χ2n) is 4.29. The average molecular weight is 213 g/mol.